The average molecular weight is 282 g/mol. The Labute approximate surface area is 115 Å². The third-order valence-electron chi connectivity index (χ3n) is 3.43. The molecule has 1 aromatic carbocycles. The lowest BCUT2D eigenvalue weighted by Crippen LogP contribution is -2.23. The zero-order valence-corrected chi connectivity index (χ0v) is 12.3. The first kappa shape index (κ1) is 14.3. The van der Waals surface area contributed by atoms with E-state index in [1.807, 2.05) is 12.1 Å². The molecule has 0 aromatic heterocycles. The van der Waals surface area contributed by atoms with Crippen LogP contribution in [0.2, 0.25) is 0 Å². The summed E-state index contributed by atoms with van der Waals surface area (Å²) in [6.45, 7) is 4.38. The van der Waals surface area contributed by atoms with Crippen molar-refractivity contribution in [1.29, 1.82) is 0 Å². The summed E-state index contributed by atoms with van der Waals surface area (Å²) in [5, 5.41) is 3.45. The normalized spacial score (nSPS) is 22.2. The fourth-order valence-electron chi connectivity index (χ4n) is 2.33. The molecule has 2 atom stereocenters. The van der Waals surface area contributed by atoms with Gasteiger partial charge in [0.25, 0.3) is 0 Å². The Morgan fingerprint density at radius 2 is 1.89 bits per heavy atom. The van der Waals surface area contributed by atoms with Gasteiger partial charge >= 0.3 is 0 Å². The molecule has 2 rings (SSSR count). The number of hydrogen-bond donors (Lipinski definition) is 2. The molecular weight excluding hydrogens is 260 g/mol. The number of rotatable bonds is 7. The maximum Gasteiger partial charge on any atom is 0.240 e. The summed E-state index contributed by atoms with van der Waals surface area (Å²) in [4.78, 5) is 0.320. The lowest BCUT2D eigenvalue weighted by molar-refractivity contribution is 0.584. The first-order valence-electron chi connectivity index (χ1n) is 6.93. The third kappa shape index (κ3) is 3.70. The maximum atomic E-state index is 11.8. The summed E-state index contributed by atoms with van der Waals surface area (Å²) in [6, 6.07) is 7.54. The molecule has 1 aromatic rings. The monoisotopic (exact) mass is 282 g/mol. The average Bonchev–Trinajstić information content (AvgIpc) is 3.08. The summed E-state index contributed by atoms with van der Waals surface area (Å²) >= 11 is 0. The van der Waals surface area contributed by atoms with Crippen molar-refractivity contribution >= 4 is 15.7 Å². The second-order valence-electron chi connectivity index (χ2n) is 5.06. The standard InChI is InChI=1S/C14H22N2O2S/c1-3-5-11-10-14(11)16-12-6-8-13(9-7-12)19(17,18)15-4-2/h6-9,11,14-16H,3-5,10H2,1-2H3. The van der Waals surface area contributed by atoms with E-state index in [0.717, 1.165) is 11.6 Å². The topological polar surface area (TPSA) is 58.2 Å². The van der Waals surface area contributed by atoms with Crippen molar-refractivity contribution in [2.45, 2.75) is 44.0 Å². The Balaban J connectivity index is 1.96. The Bertz CT molecular complexity index is 511. The molecule has 19 heavy (non-hydrogen) atoms. The molecular formula is C14H22N2O2S. The number of hydrogen-bond acceptors (Lipinski definition) is 3. The van der Waals surface area contributed by atoms with Crippen molar-refractivity contribution in [1.82, 2.24) is 4.72 Å². The smallest absolute Gasteiger partial charge is 0.240 e. The van der Waals surface area contributed by atoms with Crippen LogP contribution in [0.1, 0.15) is 33.1 Å². The van der Waals surface area contributed by atoms with Gasteiger partial charge in [-0.05, 0) is 43.0 Å². The minimum Gasteiger partial charge on any atom is -0.382 e. The molecule has 106 valence electrons. The van der Waals surface area contributed by atoms with Gasteiger partial charge in [-0.3, -0.25) is 0 Å². The van der Waals surface area contributed by atoms with E-state index in [9.17, 15) is 8.42 Å². The molecule has 0 amide bonds. The second-order valence-corrected chi connectivity index (χ2v) is 6.83. The lowest BCUT2D eigenvalue weighted by Gasteiger charge is -2.08. The predicted molar refractivity (Wildman–Crippen MR) is 77.7 cm³/mol. The number of anilines is 1. The van der Waals surface area contributed by atoms with E-state index in [4.69, 9.17) is 0 Å². The molecule has 0 aliphatic heterocycles. The summed E-state index contributed by atoms with van der Waals surface area (Å²) in [6.07, 6.45) is 3.72. The van der Waals surface area contributed by atoms with Crippen molar-refractivity contribution in [3.05, 3.63) is 24.3 Å². The summed E-state index contributed by atoms with van der Waals surface area (Å²) in [5.41, 5.74) is 0.999. The van der Waals surface area contributed by atoms with Gasteiger partial charge in [-0.15, -0.1) is 0 Å². The van der Waals surface area contributed by atoms with Crippen LogP contribution in [0.3, 0.4) is 0 Å². The summed E-state index contributed by atoms with van der Waals surface area (Å²) in [5.74, 6) is 0.787. The van der Waals surface area contributed by atoms with E-state index in [1.54, 1.807) is 19.1 Å². The van der Waals surface area contributed by atoms with Crippen LogP contribution in [0.25, 0.3) is 0 Å². The van der Waals surface area contributed by atoms with Gasteiger partial charge in [-0.1, -0.05) is 20.3 Å². The Hall–Kier alpha value is -1.07. The molecule has 0 saturated heterocycles. The van der Waals surface area contributed by atoms with Crippen LogP contribution in [-0.2, 0) is 10.0 Å². The molecule has 1 aliphatic rings. The SMILES string of the molecule is CCCC1CC1Nc1ccc(S(=O)(=O)NCC)cc1. The van der Waals surface area contributed by atoms with E-state index < -0.39 is 10.0 Å². The minimum absolute atomic E-state index is 0.320. The fraction of sp³-hybridized carbons (Fsp3) is 0.571. The van der Waals surface area contributed by atoms with Crippen LogP contribution in [0, 0.1) is 5.92 Å². The number of nitrogens with one attached hydrogen (secondary N) is 2. The Kier molecular flexibility index (Phi) is 4.47. The Morgan fingerprint density at radius 3 is 2.47 bits per heavy atom. The quantitative estimate of drug-likeness (QED) is 0.808. The molecule has 1 fully saturated rings. The minimum atomic E-state index is -3.34. The van der Waals surface area contributed by atoms with Crippen molar-refractivity contribution in [2.75, 3.05) is 11.9 Å². The zero-order valence-electron chi connectivity index (χ0n) is 11.5. The molecule has 1 aliphatic carbocycles. The van der Waals surface area contributed by atoms with Crippen molar-refractivity contribution in [3.63, 3.8) is 0 Å². The van der Waals surface area contributed by atoms with Gasteiger partial charge in [0.2, 0.25) is 10.0 Å². The van der Waals surface area contributed by atoms with Crippen molar-refractivity contribution < 1.29 is 8.42 Å². The summed E-state index contributed by atoms with van der Waals surface area (Å²) < 4.78 is 26.1. The van der Waals surface area contributed by atoms with Gasteiger partial charge in [0.05, 0.1) is 4.90 Å². The largest absolute Gasteiger partial charge is 0.382 e. The maximum absolute atomic E-state index is 11.8. The molecule has 0 spiro atoms. The fourth-order valence-corrected chi connectivity index (χ4v) is 3.37. The van der Waals surface area contributed by atoms with Gasteiger partial charge in [-0.25, -0.2) is 13.1 Å². The number of benzene rings is 1. The molecule has 1 saturated carbocycles. The van der Waals surface area contributed by atoms with Gasteiger partial charge < -0.3 is 5.32 Å². The van der Waals surface area contributed by atoms with Crippen LogP contribution in [-0.4, -0.2) is 21.0 Å². The van der Waals surface area contributed by atoms with Crippen LogP contribution < -0.4 is 10.0 Å². The van der Waals surface area contributed by atoms with E-state index in [-0.39, 0.29) is 0 Å². The highest BCUT2D eigenvalue weighted by Crippen LogP contribution is 2.37. The van der Waals surface area contributed by atoms with Crippen molar-refractivity contribution in [3.8, 4) is 0 Å². The van der Waals surface area contributed by atoms with Gasteiger partial charge in [0.15, 0.2) is 0 Å². The van der Waals surface area contributed by atoms with E-state index in [1.165, 1.54) is 19.3 Å². The highest BCUT2D eigenvalue weighted by atomic mass is 32.2. The first-order valence-corrected chi connectivity index (χ1v) is 8.41. The summed E-state index contributed by atoms with van der Waals surface area (Å²) in [7, 11) is -3.34. The molecule has 2 N–H and O–H groups in total. The Morgan fingerprint density at radius 1 is 1.21 bits per heavy atom. The highest BCUT2D eigenvalue weighted by molar-refractivity contribution is 7.89. The first-order chi connectivity index (χ1) is 9.06. The van der Waals surface area contributed by atoms with E-state index >= 15 is 0 Å². The van der Waals surface area contributed by atoms with Crippen LogP contribution in [0.5, 0.6) is 0 Å². The third-order valence-corrected chi connectivity index (χ3v) is 4.99. The molecule has 0 bridgehead atoms. The predicted octanol–water partition coefficient (Wildman–Crippen LogP) is 2.59. The molecule has 2 unspecified atom stereocenters. The molecule has 0 heterocycles. The van der Waals surface area contributed by atoms with E-state index in [2.05, 4.69) is 17.0 Å². The van der Waals surface area contributed by atoms with Crippen LogP contribution in [0.4, 0.5) is 5.69 Å². The van der Waals surface area contributed by atoms with Crippen LogP contribution >= 0.6 is 0 Å². The molecule has 4 nitrogen and oxygen atoms in total. The van der Waals surface area contributed by atoms with E-state index in [0.29, 0.717) is 17.5 Å². The number of sulfonamides is 1. The van der Waals surface area contributed by atoms with Gasteiger partial charge in [0.1, 0.15) is 0 Å². The van der Waals surface area contributed by atoms with Crippen molar-refractivity contribution in [2.24, 2.45) is 5.92 Å². The highest BCUT2D eigenvalue weighted by Gasteiger charge is 2.35. The second kappa shape index (κ2) is 5.92. The molecule has 0 radical (unpaired) electrons. The zero-order chi connectivity index (χ0) is 13.9. The van der Waals surface area contributed by atoms with Gasteiger partial charge in [0, 0.05) is 18.3 Å². The van der Waals surface area contributed by atoms with Crippen LogP contribution in [0.15, 0.2) is 29.2 Å². The van der Waals surface area contributed by atoms with Gasteiger partial charge in [-0.2, -0.15) is 0 Å². The lowest BCUT2D eigenvalue weighted by atomic mass is 10.2. The molecule has 5 heteroatoms.